The molecular formula is C23H20ClN5O2. The molecule has 0 amide bonds. The third kappa shape index (κ3) is 3.68. The summed E-state index contributed by atoms with van der Waals surface area (Å²) >= 11 is 5.98. The van der Waals surface area contributed by atoms with Crippen LogP contribution < -0.4 is 20.1 Å². The molecule has 0 saturated heterocycles. The number of ether oxygens (including phenoxy) is 2. The van der Waals surface area contributed by atoms with Crippen LogP contribution in [0.4, 0.5) is 11.5 Å². The summed E-state index contributed by atoms with van der Waals surface area (Å²) in [6, 6.07) is 13.8. The zero-order valence-electron chi connectivity index (χ0n) is 16.9. The highest BCUT2D eigenvalue weighted by Crippen LogP contribution is 2.33. The van der Waals surface area contributed by atoms with Gasteiger partial charge in [0.2, 0.25) is 0 Å². The van der Waals surface area contributed by atoms with Crippen molar-refractivity contribution in [2.24, 2.45) is 0 Å². The van der Waals surface area contributed by atoms with E-state index >= 15 is 0 Å². The molecule has 5 rings (SSSR count). The van der Waals surface area contributed by atoms with Gasteiger partial charge in [0.25, 0.3) is 0 Å². The Balaban J connectivity index is 1.53. The van der Waals surface area contributed by atoms with Crippen LogP contribution in [0.3, 0.4) is 0 Å². The second kappa shape index (κ2) is 7.92. The molecule has 8 heteroatoms. The summed E-state index contributed by atoms with van der Waals surface area (Å²) in [6.45, 7) is 1.92. The molecule has 0 unspecified atom stereocenters. The van der Waals surface area contributed by atoms with Crippen LogP contribution in [-0.4, -0.2) is 35.2 Å². The van der Waals surface area contributed by atoms with Gasteiger partial charge in [0.05, 0.1) is 24.9 Å². The first-order valence-corrected chi connectivity index (χ1v) is 10.2. The smallest absolute Gasteiger partial charge is 0.151 e. The van der Waals surface area contributed by atoms with E-state index in [1.165, 1.54) is 0 Å². The minimum atomic E-state index is 0.306. The summed E-state index contributed by atoms with van der Waals surface area (Å²) in [7, 11) is 1.65. The number of halogens is 1. The largest absolute Gasteiger partial charge is 0.497 e. The fourth-order valence-corrected chi connectivity index (χ4v) is 3.88. The lowest BCUT2D eigenvalue weighted by Crippen LogP contribution is -2.26. The van der Waals surface area contributed by atoms with Gasteiger partial charge in [-0.2, -0.15) is 0 Å². The number of nitrogens with two attached hydrogens (primary N) is 1. The van der Waals surface area contributed by atoms with E-state index in [0.717, 1.165) is 44.9 Å². The van der Waals surface area contributed by atoms with Crippen LogP contribution in [0.5, 0.6) is 11.5 Å². The van der Waals surface area contributed by atoms with Crippen molar-refractivity contribution in [3.8, 4) is 22.6 Å². The molecule has 3 heterocycles. The Morgan fingerprint density at radius 3 is 2.81 bits per heavy atom. The van der Waals surface area contributed by atoms with E-state index in [-0.39, 0.29) is 0 Å². The number of nitrogen functional groups attached to an aromatic ring is 1. The molecule has 2 N–H and O–H groups in total. The summed E-state index contributed by atoms with van der Waals surface area (Å²) in [6.07, 6.45) is 3.31. The average Bonchev–Trinajstić information content (AvgIpc) is 3.02. The Bertz CT molecular complexity index is 1280. The molecule has 1 aliphatic rings. The maximum Gasteiger partial charge on any atom is 0.151 e. The van der Waals surface area contributed by atoms with Gasteiger partial charge in [0.1, 0.15) is 30.3 Å². The lowest BCUT2D eigenvalue weighted by atomic mass is 10.0. The van der Waals surface area contributed by atoms with E-state index in [0.29, 0.717) is 30.5 Å². The fraction of sp³-hybridized carbons (Fsp3) is 0.174. The van der Waals surface area contributed by atoms with Gasteiger partial charge in [0, 0.05) is 35.3 Å². The molecule has 2 aromatic carbocycles. The minimum Gasteiger partial charge on any atom is -0.497 e. The molecule has 2 aromatic heterocycles. The summed E-state index contributed by atoms with van der Waals surface area (Å²) in [4.78, 5) is 15.4. The Labute approximate surface area is 184 Å². The molecule has 0 fully saturated rings. The van der Waals surface area contributed by atoms with Crippen molar-refractivity contribution in [3.05, 3.63) is 65.7 Å². The first kappa shape index (κ1) is 19.4. The van der Waals surface area contributed by atoms with E-state index in [2.05, 4.69) is 25.9 Å². The molecule has 0 atom stereocenters. The Morgan fingerprint density at radius 1 is 1.06 bits per heavy atom. The zero-order valence-corrected chi connectivity index (χ0v) is 17.6. The minimum absolute atomic E-state index is 0.306. The molecule has 156 valence electrons. The molecule has 0 spiro atoms. The Kier molecular flexibility index (Phi) is 4.95. The van der Waals surface area contributed by atoms with Crippen molar-refractivity contribution in [2.45, 2.75) is 6.54 Å². The number of aromatic nitrogens is 3. The number of fused-ring (bicyclic) bond motifs is 2. The number of pyridine rings is 1. The SMILES string of the molecule is COc1ccc2c(N3CCOc4ccc(-c5cnc(Cl)c(N)c5)cc4C3)ncnc2c1. The summed E-state index contributed by atoms with van der Waals surface area (Å²) < 4.78 is 11.3. The van der Waals surface area contributed by atoms with Gasteiger partial charge in [-0.15, -0.1) is 0 Å². The molecule has 1 aliphatic heterocycles. The van der Waals surface area contributed by atoms with Crippen molar-refractivity contribution in [1.82, 2.24) is 15.0 Å². The van der Waals surface area contributed by atoms with Gasteiger partial charge in [0.15, 0.2) is 5.15 Å². The van der Waals surface area contributed by atoms with Gasteiger partial charge < -0.3 is 20.1 Å². The van der Waals surface area contributed by atoms with Crippen LogP contribution in [0.15, 0.2) is 55.0 Å². The molecule has 0 aliphatic carbocycles. The molecule has 4 aromatic rings. The van der Waals surface area contributed by atoms with E-state index in [9.17, 15) is 0 Å². The lowest BCUT2D eigenvalue weighted by Gasteiger charge is -2.22. The number of nitrogens with zero attached hydrogens (tertiary/aromatic N) is 4. The maximum atomic E-state index is 6.02. The highest BCUT2D eigenvalue weighted by Gasteiger charge is 2.20. The van der Waals surface area contributed by atoms with Gasteiger partial charge >= 0.3 is 0 Å². The number of hydrogen-bond donors (Lipinski definition) is 1. The van der Waals surface area contributed by atoms with Crippen molar-refractivity contribution in [3.63, 3.8) is 0 Å². The first-order valence-electron chi connectivity index (χ1n) is 9.83. The van der Waals surface area contributed by atoms with E-state index < -0.39 is 0 Å². The number of anilines is 2. The number of hydrogen-bond acceptors (Lipinski definition) is 7. The van der Waals surface area contributed by atoms with Crippen LogP contribution in [0.25, 0.3) is 22.0 Å². The predicted molar refractivity (Wildman–Crippen MR) is 122 cm³/mol. The normalized spacial score (nSPS) is 13.4. The van der Waals surface area contributed by atoms with Crippen molar-refractivity contribution >= 4 is 34.0 Å². The molecule has 31 heavy (non-hydrogen) atoms. The number of methoxy groups -OCH3 is 1. The Hall–Kier alpha value is -3.58. The van der Waals surface area contributed by atoms with Crippen LogP contribution in [0, 0.1) is 0 Å². The third-order valence-electron chi connectivity index (χ3n) is 5.36. The van der Waals surface area contributed by atoms with Gasteiger partial charge in [-0.25, -0.2) is 15.0 Å². The van der Waals surface area contributed by atoms with E-state index in [4.69, 9.17) is 26.8 Å². The van der Waals surface area contributed by atoms with E-state index in [1.807, 2.05) is 36.4 Å². The zero-order chi connectivity index (χ0) is 21.4. The molecule has 7 nitrogen and oxygen atoms in total. The summed E-state index contributed by atoms with van der Waals surface area (Å²) in [5.74, 6) is 2.50. The summed E-state index contributed by atoms with van der Waals surface area (Å²) in [5, 5.41) is 1.28. The van der Waals surface area contributed by atoms with Crippen LogP contribution in [0.1, 0.15) is 5.56 Å². The van der Waals surface area contributed by atoms with Crippen LogP contribution in [-0.2, 0) is 6.54 Å². The molecule has 0 saturated carbocycles. The Morgan fingerprint density at radius 2 is 1.97 bits per heavy atom. The highest BCUT2D eigenvalue weighted by molar-refractivity contribution is 6.31. The van der Waals surface area contributed by atoms with Crippen molar-refractivity contribution in [2.75, 3.05) is 30.9 Å². The van der Waals surface area contributed by atoms with Crippen molar-refractivity contribution < 1.29 is 9.47 Å². The molecule has 0 radical (unpaired) electrons. The highest BCUT2D eigenvalue weighted by atomic mass is 35.5. The molecular weight excluding hydrogens is 414 g/mol. The number of benzene rings is 2. The topological polar surface area (TPSA) is 86.4 Å². The van der Waals surface area contributed by atoms with Crippen molar-refractivity contribution in [1.29, 1.82) is 0 Å². The monoisotopic (exact) mass is 433 g/mol. The standard InChI is InChI=1S/C23H20ClN5O2/c1-30-17-3-4-18-20(10-17)27-13-28-23(18)29-6-7-31-21-5-2-14(8-16(21)12-29)15-9-19(25)22(24)26-11-15/h2-5,8-11,13H,6-7,12,25H2,1H3. The quantitative estimate of drug-likeness (QED) is 0.481. The number of rotatable bonds is 3. The lowest BCUT2D eigenvalue weighted by molar-refractivity contribution is 0.331. The first-order chi connectivity index (χ1) is 15.1. The fourth-order valence-electron chi connectivity index (χ4n) is 3.78. The van der Waals surface area contributed by atoms with Gasteiger partial charge in [-0.05, 0) is 35.9 Å². The summed E-state index contributed by atoms with van der Waals surface area (Å²) in [5.41, 5.74) is 10.2. The van der Waals surface area contributed by atoms with E-state index in [1.54, 1.807) is 19.6 Å². The van der Waals surface area contributed by atoms with Crippen LogP contribution >= 0.6 is 11.6 Å². The average molecular weight is 434 g/mol. The predicted octanol–water partition coefficient (Wildman–Crippen LogP) is 4.34. The second-order valence-corrected chi connectivity index (χ2v) is 7.63. The molecule has 0 bridgehead atoms. The van der Waals surface area contributed by atoms with Gasteiger partial charge in [-0.3, -0.25) is 0 Å². The third-order valence-corrected chi connectivity index (χ3v) is 5.68. The van der Waals surface area contributed by atoms with Crippen LogP contribution in [0.2, 0.25) is 5.15 Å². The second-order valence-electron chi connectivity index (χ2n) is 7.28. The van der Waals surface area contributed by atoms with Gasteiger partial charge in [-0.1, -0.05) is 17.7 Å². The maximum absolute atomic E-state index is 6.02.